The molecule has 0 heterocycles. The molecule has 1 atom stereocenters. The quantitative estimate of drug-likeness (QED) is 0.918. The predicted octanol–water partition coefficient (Wildman–Crippen LogP) is 3.35. The first kappa shape index (κ1) is 13.5. The zero-order valence-corrected chi connectivity index (χ0v) is 10.6. The van der Waals surface area contributed by atoms with Crippen molar-refractivity contribution in [3.8, 4) is 5.75 Å². The monoisotopic (exact) mass is 263 g/mol. The normalized spacial score (nSPS) is 12.2. The summed E-state index contributed by atoms with van der Waals surface area (Å²) in [5, 5.41) is 0. The van der Waals surface area contributed by atoms with Crippen LogP contribution in [0.4, 0.5) is 8.78 Å². The highest BCUT2D eigenvalue weighted by molar-refractivity contribution is 5.31. The lowest BCUT2D eigenvalue weighted by molar-refractivity contribution is 0.203. The fourth-order valence-electron chi connectivity index (χ4n) is 1.91. The summed E-state index contributed by atoms with van der Waals surface area (Å²) in [5.74, 6) is -1.36. The van der Waals surface area contributed by atoms with E-state index >= 15 is 0 Å². The van der Waals surface area contributed by atoms with E-state index in [1.165, 1.54) is 6.07 Å². The van der Waals surface area contributed by atoms with Gasteiger partial charge < -0.3 is 10.5 Å². The molecule has 0 spiro atoms. The Bertz CT molecular complexity index is 572. The Morgan fingerprint density at radius 2 is 1.89 bits per heavy atom. The molecule has 0 radical (unpaired) electrons. The molecule has 4 heteroatoms. The zero-order valence-electron chi connectivity index (χ0n) is 10.6. The van der Waals surface area contributed by atoms with Gasteiger partial charge in [0.2, 0.25) is 0 Å². The second-order valence-electron chi connectivity index (χ2n) is 4.27. The predicted molar refractivity (Wildman–Crippen MR) is 70.0 cm³/mol. The fourth-order valence-corrected chi connectivity index (χ4v) is 1.91. The average Bonchev–Trinajstić information content (AvgIpc) is 2.39. The molecular weight excluding hydrogens is 248 g/mol. The molecule has 0 amide bonds. The molecule has 2 aromatic rings. The minimum Gasteiger partial charge on any atom is -0.481 e. The van der Waals surface area contributed by atoms with Crippen molar-refractivity contribution < 1.29 is 13.5 Å². The lowest BCUT2D eigenvalue weighted by Crippen LogP contribution is -2.19. The van der Waals surface area contributed by atoms with Gasteiger partial charge in [-0.3, -0.25) is 0 Å². The minimum atomic E-state index is -0.730. The van der Waals surface area contributed by atoms with Gasteiger partial charge in [0.05, 0.1) is 0 Å². The van der Waals surface area contributed by atoms with Crippen LogP contribution >= 0.6 is 0 Å². The van der Waals surface area contributed by atoms with Crippen LogP contribution in [-0.2, 0) is 0 Å². The summed E-state index contributed by atoms with van der Waals surface area (Å²) in [6.45, 7) is 2.14. The van der Waals surface area contributed by atoms with E-state index in [2.05, 4.69) is 0 Å². The number of hydrogen-bond donors (Lipinski definition) is 1. The SMILES string of the molecule is Cc1ccccc1C(CN)Oc1ccc(F)cc1F. The van der Waals surface area contributed by atoms with E-state index < -0.39 is 17.7 Å². The van der Waals surface area contributed by atoms with E-state index in [1.54, 1.807) is 0 Å². The first-order valence-electron chi connectivity index (χ1n) is 5.99. The molecule has 0 bridgehead atoms. The summed E-state index contributed by atoms with van der Waals surface area (Å²) in [5.41, 5.74) is 7.59. The van der Waals surface area contributed by atoms with Crippen LogP contribution < -0.4 is 10.5 Å². The van der Waals surface area contributed by atoms with E-state index in [9.17, 15) is 8.78 Å². The highest BCUT2D eigenvalue weighted by Crippen LogP contribution is 2.26. The number of halogens is 2. The van der Waals surface area contributed by atoms with Crippen LogP contribution in [0.2, 0.25) is 0 Å². The molecule has 0 fully saturated rings. The van der Waals surface area contributed by atoms with Crippen molar-refractivity contribution in [2.75, 3.05) is 6.54 Å². The van der Waals surface area contributed by atoms with E-state index in [4.69, 9.17) is 10.5 Å². The highest BCUT2D eigenvalue weighted by Gasteiger charge is 2.16. The van der Waals surface area contributed by atoms with Gasteiger partial charge in [0.25, 0.3) is 0 Å². The molecule has 2 nitrogen and oxygen atoms in total. The molecule has 19 heavy (non-hydrogen) atoms. The zero-order chi connectivity index (χ0) is 13.8. The third-order valence-electron chi connectivity index (χ3n) is 2.91. The Balaban J connectivity index is 2.27. The molecule has 0 aliphatic rings. The number of hydrogen-bond acceptors (Lipinski definition) is 2. The number of aryl methyl sites for hydroxylation is 1. The van der Waals surface area contributed by atoms with Gasteiger partial charge in [0, 0.05) is 12.6 Å². The minimum absolute atomic E-state index is 0.0000954. The Hall–Kier alpha value is -1.94. The van der Waals surface area contributed by atoms with Gasteiger partial charge in [0.1, 0.15) is 11.9 Å². The van der Waals surface area contributed by atoms with Crippen molar-refractivity contribution in [1.82, 2.24) is 0 Å². The van der Waals surface area contributed by atoms with Crippen molar-refractivity contribution in [3.63, 3.8) is 0 Å². The maximum absolute atomic E-state index is 13.6. The summed E-state index contributed by atoms with van der Waals surface area (Å²) in [4.78, 5) is 0. The van der Waals surface area contributed by atoms with Crippen molar-refractivity contribution in [2.45, 2.75) is 13.0 Å². The standard InChI is InChI=1S/C15H15F2NO/c1-10-4-2-3-5-12(10)15(9-18)19-14-7-6-11(16)8-13(14)17/h2-8,15H,9,18H2,1H3. The maximum Gasteiger partial charge on any atom is 0.168 e. The molecule has 2 rings (SSSR count). The van der Waals surface area contributed by atoms with Crippen LogP contribution in [0.15, 0.2) is 42.5 Å². The van der Waals surface area contributed by atoms with Gasteiger partial charge >= 0.3 is 0 Å². The molecule has 0 aliphatic carbocycles. The number of ether oxygens (including phenoxy) is 1. The second-order valence-corrected chi connectivity index (χ2v) is 4.27. The third kappa shape index (κ3) is 3.09. The summed E-state index contributed by atoms with van der Waals surface area (Å²) >= 11 is 0. The van der Waals surface area contributed by atoms with Gasteiger partial charge in [-0.2, -0.15) is 0 Å². The summed E-state index contributed by atoms with van der Waals surface area (Å²) in [6.07, 6.45) is -0.457. The van der Waals surface area contributed by atoms with Crippen LogP contribution in [0.25, 0.3) is 0 Å². The first-order valence-corrected chi connectivity index (χ1v) is 5.99. The number of nitrogens with two attached hydrogens (primary N) is 1. The molecule has 0 aliphatic heterocycles. The van der Waals surface area contributed by atoms with E-state index in [0.717, 1.165) is 23.3 Å². The van der Waals surface area contributed by atoms with Crippen LogP contribution in [0.5, 0.6) is 5.75 Å². The Morgan fingerprint density at radius 1 is 1.16 bits per heavy atom. The Morgan fingerprint density at radius 3 is 2.53 bits per heavy atom. The largest absolute Gasteiger partial charge is 0.481 e. The Labute approximate surface area is 110 Å². The summed E-state index contributed by atoms with van der Waals surface area (Å²) in [6, 6.07) is 10.8. The number of benzene rings is 2. The van der Waals surface area contributed by atoms with E-state index in [-0.39, 0.29) is 12.3 Å². The fraction of sp³-hybridized carbons (Fsp3) is 0.200. The molecule has 0 aromatic heterocycles. The van der Waals surface area contributed by atoms with Gasteiger partial charge in [-0.25, -0.2) is 8.78 Å². The average molecular weight is 263 g/mol. The van der Waals surface area contributed by atoms with Gasteiger partial charge in [-0.15, -0.1) is 0 Å². The molecule has 0 saturated heterocycles. The smallest absolute Gasteiger partial charge is 0.168 e. The summed E-state index contributed by atoms with van der Waals surface area (Å²) < 4.78 is 31.9. The molecule has 1 unspecified atom stereocenters. The topological polar surface area (TPSA) is 35.2 Å². The van der Waals surface area contributed by atoms with Crippen molar-refractivity contribution in [1.29, 1.82) is 0 Å². The second kappa shape index (κ2) is 5.80. The van der Waals surface area contributed by atoms with Gasteiger partial charge in [-0.1, -0.05) is 24.3 Å². The summed E-state index contributed by atoms with van der Waals surface area (Å²) in [7, 11) is 0. The van der Waals surface area contributed by atoms with Crippen LogP contribution in [0.1, 0.15) is 17.2 Å². The molecule has 100 valence electrons. The van der Waals surface area contributed by atoms with Gasteiger partial charge in [0.15, 0.2) is 11.6 Å². The van der Waals surface area contributed by atoms with Crippen LogP contribution in [-0.4, -0.2) is 6.54 Å². The third-order valence-corrected chi connectivity index (χ3v) is 2.91. The van der Waals surface area contributed by atoms with E-state index in [0.29, 0.717) is 0 Å². The Kier molecular flexibility index (Phi) is 4.12. The van der Waals surface area contributed by atoms with Crippen LogP contribution in [0, 0.1) is 18.6 Å². The molecular formula is C15H15F2NO. The van der Waals surface area contributed by atoms with Crippen molar-refractivity contribution in [3.05, 3.63) is 65.2 Å². The molecule has 2 aromatic carbocycles. The van der Waals surface area contributed by atoms with Crippen molar-refractivity contribution in [2.24, 2.45) is 5.73 Å². The highest BCUT2D eigenvalue weighted by atomic mass is 19.1. The molecule has 2 N–H and O–H groups in total. The first-order chi connectivity index (χ1) is 9.11. The molecule has 0 saturated carbocycles. The van der Waals surface area contributed by atoms with Crippen molar-refractivity contribution >= 4 is 0 Å². The lowest BCUT2D eigenvalue weighted by atomic mass is 10.0. The van der Waals surface area contributed by atoms with Crippen LogP contribution in [0.3, 0.4) is 0 Å². The van der Waals surface area contributed by atoms with E-state index in [1.807, 2.05) is 31.2 Å². The lowest BCUT2D eigenvalue weighted by Gasteiger charge is -2.20. The maximum atomic E-state index is 13.6. The van der Waals surface area contributed by atoms with Gasteiger partial charge in [-0.05, 0) is 30.2 Å². The number of rotatable bonds is 4.